The minimum Gasteiger partial charge on any atom is -0.436 e. The number of carbonyl (C=O) groups is 1. The van der Waals surface area contributed by atoms with Gasteiger partial charge >= 0.3 is 5.97 Å². The van der Waals surface area contributed by atoms with Crippen molar-refractivity contribution in [3.8, 4) is 17.2 Å². The molecule has 33 heavy (non-hydrogen) atoms. The second-order valence-electron chi connectivity index (χ2n) is 7.13. The highest BCUT2D eigenvalue weighted by Crippen LogP contribution is 2.27. The number of fused-ring (bicyclic) bond motifs is 1. The molecule has 0 atom stereocenters. The van der Waals surface area contributed by atoms with E-state index in [-0.39, 0.29) is 0 Å². The summed E-state index contributed by atoms with van der Waals surface area (Å²) in [6.45, 7) is 0. The number of benzene rings is 3. The highest BCUT2D eigenvalue weighted by Gasteiger charge is 2.09. The van der Waals surface area contributed by atoms with Crippen molar-refractivity contribution in [3.05, 3.63) is 107 Å². The first-order chi connectivity index (χ1) is 16.1. The van der Waals surface area contributed by atoms with Crippen molar-refractivity contribution in [1.82, 2.24) is 9.97 Å². The van der Waals surface area contributed by atoms with E-state index in [0.29, 0.717) is 27.8 Å². The normalized spacial score (nSPS) is 11.2. The first-order valence-electron chi connectivity index (χ1n) is 10.1. The van der Waals surface area contributed by atoms with Crippen molar-refractivity contribution in [3.63, 3.8) is 0 Å². The molecule has 5 rings (SSSR count). The van der Waals surface area contributed by atoms with Gasteiger partial charge in [0, 0.05) is 29.2 Å². The van der Waals surface area contributed by atoms with E-state index >= 15 is 0 Å². The van der Waals surface area contributed by atoms with Crippen molar-refractivity contribution in [2.75, 3.05) is 0 Å². The van der Waals surface area contributed by atoms with Gasteiger partial charge in [0.05, 0.1) is 11.3 Å². The summed E-state index contributed by atoms with van der Waals surface area (Å²) in [5, 5.41) is 0.562. The molecule has 0 aliphatic carbocycles. The fourth-order valence-electron chi connectivity index (χ4n) is 3.14. The van der Waals surface area contributed by atoms with Gasteiger partial charge < -0.3 is 9.15 Å². The maximum Gasteiger partial charge on any atom is 0.343 e. The number of aliphatic imine (C=N–C) groups is 1. The van der Waals surface area contributed by atoms with E-state index in [0.717, 1.165) is 22.3 Å². The van der Waals surface area contributed by atoms with E-state index in [9.17, 15) is 4.79 Å². The third-order valence-electron chi connectivity index (χ3n) is 4.83. The number of carbonyl (C=O) groups excluding carboxylic acids is 1. The monoisotopic (exact) mass is 453 g/mol. The molecule has 0 spiro atoms. The number of pyridine rings is 1. The fourth-order valence-corrected chi connectivity index (χ4v) is 3.26. The van der Waals surface area contributed by atoms with Crippen LogP contribution in [0.1, 0.15) is 15.9 Å². The summed E-state index contributed by atoms with van der Waals surface area (Å²) in [4.78, 5) is 25.3. The number of nitrogens with zero attached hydrogens (tertiary/aromatic N) is 3. The van der Waals surface area contributed by atoms with Gasteiger partial charge in [-0.2, -0.15) is 0 Å². The van der Waals surface area contributed by atoms with Crippen LogP contribution in [0.2, 0.25) is 5.02 Å². The standard InChI is InChI=1S/C26H16ClN3O3/c27-20-5-3-19(4-6-20)26(31)32-22-8-1-17(2-9-22)16-29-21-7-10-24-23(15-21)30-25(33-24)18-11-13-28-14-12-18/h1-16H. The van der Waals surface area contributed by atoms with Crippen LogP contribution in [0.4, 0.5) is 5.69 Å². The molecule has 0 aliphatic rings. The molecule has 0 fully saturated rings. The molecule has 0 unspecified atom stereocenters. The number of oxazole rings is 1. The molecular weight excluding hydrogens is 438 g/mol. The van der Waals surface area contributed by atoms with Crippen molar-refractivity contribution >= 4 is 40.6 Å². The smallest absolute Gasteiger partial charge is 0.343 e. The Morgan fingerprint density at radius 3 is 2.45 bits per heavy atom. The van der Waals surface area contributed by atoms with Gasteiger partial charge in [-0.3, -0.25) is 9.98 Å². The zero-order valence-electron chi connectivity index (χ0n) is 17.2. The van der Waals surface area contributed by atoms with Crippen LogP contribution in [0.5, 0.6) is 5.75 Å². The van der Waals surface area contributed by atoms with Gasteiger partial charge in [-0.15, -0.1) is 0 Å². The zero-order chi connectivity index (χ0) is 22.6. The molecule has 0 saturated heterocycles. The molecule has 0 bridgehead atoms. The second-order valence-corrected chi connectivity index (χ2v) is 7.57. The van der Waals surface area contributed by atoms with Crippen molar-refractivity contribution < 1.29 is 13.9 Å². The lowest BCUT2D eigenvalue weighted by Gasteiger charge is -2.04. The number of hydrogen-bond acceptors (Lipinski definition) is 6. The minimum atomic E-state index is -0.444. The van der Waals surface area contributed by atoms with Crippen LogP contribution >= 0.6 is 11.6 Å². The van der Waals surface area contributed by atoms with Gasteiger partial charge in [-0.05, 0) is 84.4 Å². The van der Waals surface area contributed by atoms with E-state index in [1.54, 1.807) is 55.0 Å². The largest absolute Gasteiger partial charge is 0.436 e. The SMILES string of the molecule is O=C(Oc1ccc(C=Nc2ccc3oc(-c4ccncc4)nc3c2)cc1)c1ccc(Cl)cc1. The molecule has 0 aliphatic heterocycles. The number of rotatable bonds is 5. The molecule has 0 amide bonds. The lowest BCUT2D eigenvalue weighted by molar-refractivity contribution is 0.0735. The summed E-state index contributed by atoms with van der Waals surface area (Å²) in [5.74, 6) is 0.539. The van der Waals surface area contributed by atoms with E-state index in [4.69, 9.17) is 20.8 Å². The lowest BCUT2D eigenvalue weighted by Crippen LogP contribution is -2.08. The van der Waals surface area contributed by atoms with Crippen LogP contribution in [0.25, 0.3) is 22.6 Å². The van der Waals surface area contributed by atoms with Gasteiger partial charge in [0.25, 0.3) is 0 Å². The number of hydrogen-bond donors (Lipinski definition) is 0. The molecule has 7 heteroatoms. The summed E-state index contributed by atoms with van der Waals surface area (Å²) in [6, 6.07) is 22.9. The van der Waals surface area contributed by atoms with E-state index in [2.05, 4.69) is 15.0 Å². The first kappa shape index (κ1) is 20.6. The third-order valence-corrected chi connectivity index (χ3v) is 5.08. The molecule has 2 aromatic heterocycles. The Bertz CT molecular complexity index is 1440. The predicted molar refractivity (Wildman–Crippen MR) is 127 cm³/mol. The van der Waals surface area contributed by atoms with Crippen LogP contribution in [-0.4, -0.2) is 22.2 Å². The van der Waals surface area contributed by atoms with Crippen molar-refractivity contribution in [1.29, 1.82) is 0 Å². The zero-order valence-corrected chi connectivity index (χ0v) is 17.9. The van der Waals surface area contributed by atoms with Crippen LogP contribution < -0.4 is 4.74 Å². The third kappa shape index (κ3) is 4.81. The Balaban J connectivity index is 1.28. The number of ether oxygens (including phenoxy) is 1. The predicted octanol–water partition coefficient (Wildman–Crippen LogP) is 6.51. The van der Waals surface area contributed by atoms with E-state index in [1.807, 2.05) is 42.5 Å². The van der Waals surface area contributed by atoms with Crippen LogP contribution in [-0.2, 0) is 0 Å². The quantitative estimate of drug-likeness (QED) is 0.172. The summed E-state index contributed by atoms with van der Waals surface area (Å²) in [6.07, 6.45) is 5.13. The average Bonchev–Trinajstić information content (AvgIpc) is 3.28. The van der Waals surface area contributed by atoms with Crippen molar-refractivity contribution in [2.45, 2.75) is 0 Å². The number of esters is 1. The molecule has 5 aromatic rings. The van der Waals surface area contributed by atoms with Gasteiger partial charge in [0.2, 0.25) is 5.89 Å². The second kappa shape index (κ2) is 9.06. The van der Waals surface area contributed by atoms with E-state index < -0.39 is 5.97 Å². The maximum atomic E-state index is 12.2. The van der Waals surface area contributed by atoms with Crippen LogP contribution in [0.15, 0.2) is 101 Å². The minimum absolute atomic E-state index is 0.431. The van der Waals surface area contributed by atoms with Crippen LogP contribution in [0.3, 0.4) is 0 Å². The van der Waals surface area contributed by atoms with Crippen LogP contribution in [0, 0.1) is 0 Å². The van der Waals surface area contributed by atoms with Crippen molar-refractivity contribution in [2.24, 2.45) is 4.99 Å². The lowest BCUT2D eigenvalue weighted by atomic mass is 10.2. The number of aromatic nitrogens is 2. The fraction of sp³-hybridized carbons (Fsp3) is 0. The Hall–Kier alpha value is -4.29. The molecule has 160 valence electrons. The Labute approximate surface area is 194 Å². The molecule has 0 saturated carbocycles. The Morgan fingerprint density at radius 2 is 1.70 bits per heavy atom. The maximum absolute atomic E-state index is 12.2. The Morgan fingerprint density at radius 1 is 0.939 bits per heavy atom. The summed E-state index contributed by atoms with van der Waals surface area (Å²) in [7, 11) is 0. The summed E-state index contributed by atoms with van der Waals surface area (Å²) < 4.78 is 11.2. The molecule has 0 N–H and O–H groups in total. The highest BCUT2D eigenvalue weighted by atomic mass is 35.5. The summed E-state index contributed by atoms with van der Waals surface area (Å²) in [5.41, 5.74) is 4.31. The first-order valence-corrected chi connectivity index (χ1v) is 10.4. The molecule has 3 aromatic carbocycles. The van der Waals surface area contributed by atoms with Gasteiger partial charge in [0.1, 0.15) is 11.3 Å². The topological polar surface area (TPSA) is 77.6 Å². The molecule has 6 nitrogen and oxygen atoms in total. The number of halogens is 1. The van der Waals surface area contributed by atoms with E-state index in [1.165, 1.54) is 0 Å². The molecule has 0 radical (unpaired) electrons. The molecular formula is C26H16ClN3O3. The highest BCUT2D eigenvalue weighted by molar-refractivity contribution is 6.30. The van der Waals surface area contributed by atoms with Gasteiger partial charge in [0.15, 0.2) is 5.58 Å². The molecule has 2 heterocycles. The summed E-state index contributed by atoms with van der Waals surface area (Å²) >= 11 is 5.85. The van der Waals surface area contributed by atoms with Gasteiger partial charge in [-0.1, -0.05) is 11.6 Å². The Kier molecular flexibility index (Phi) is 5.66. The van der Waals surface area contributed by atoms with Gasteiger partial charge in [-0.25, -0.2) is 9.78 Å². The average molecular weight is 454 g/mol.